The monoisotopic (exact) mass is 279 g/mol. The van der Waals surface area contributed by atoms with Crippen molar-refractivity contribution in [3.63, 3.8) is 0 Å². The van der Waals surface area contributed by atoms with E-state index in [0.717, 1.165) is 11.1 Å². The molecule has 0 saturated carbocycles. The van der Waals surface area contributed by atoms with Crippen LogP contribution in [0.2, 0.25) is 0 Å². The summed E-state index contributed by atoms with van der Waals surface area (Å²) in [6, 6.07) is 16.6. The highest BCUT2D eigenvalue weighted by Gasteiger charge is 2.09. The Labute approximate surface area is 121 Å². The van der Waals surface area contributed by atoms with Crippen LogP contribution in [0.1, 0.15) is 10.4 Å². The summed E-state index contributed by atoms with van der Waals surface area (Å²) in [5, 5.41) is 0. The van der Waals surface area contributed by atoms with Gasteiger partial charge in [0.2, 0.25) is 5.89 Å². The molecule has 3 N–H and O–H groups in total. The Hall–Kier alpha value is -2.92. The summed E-state index contributed by atoms with van der Waals surface area (Å²) in [5.74, 6) is 5.97. The van der Waals surface area contributed by atoms with Gasteiger partial charge in [0.15, 0.2) is 5.76 Å². The summed E-state index contributed by atoms with van der Waals surface area (Å²) >= 11 is 0. The van der Waals surface area contributed by atoms with Gasteiger partial charge in [-0.1, -0.05) is 30.3 Å². The lowest BCUT2D eigenvalue weighted by Gasteiger charge is -2.00. The quantitative estimate of drug-likeness (QED) is 0.438. The van der Waals surface area contributed by atoms with Crippen LogP contribution in [0.5, 0.6) is 0 Å². The van der Waals surface area contributed by atoms with Gasteiger partial charge in [0.25, 0.3) is 5.91 Å². The fourth-order valence-corrected chi connectivity index (χ4v) is 1.99. The maximum absolute atomic E-state index is 11.4. The minimum atomic E-state index is -0.334. The number of carbonyl (C=O) groups is 1. The molecule has 0 unspecified atom stereocenters. The highest BCUT2D eigenvalue weighted by atomic mass is 16.4. The molecule has 2 aromatic carbocycles. The molecule has 104 valence electrons. The van der Waals surface area contributed by atoms with Gasteiger partial charge in [-0.2, -0.15) is 0 Å². The zero-order valence-corrected chi connectivity index (χ0v) is 11.1. The molecule has 0 aliphatic rings. The Balaban J connectivity index is 1.88. The van der Waals surface area contributed by atoms with Crippen LogP contribution >= 0.6 is 0 Å². The molecule has 3 aromatic rings. The van der Waals surface area contributed by atoms with Gasteiger partial charge in [-0.05, 0) is 24.3 Å². The number of nitrogens with zero attached hydrogens (tertiary/aromatic N) is 1. The minimum absolute atomic E-state index is 0.334. The zero-order chi connectivity index (χ0) is 14.7. The number of rotatable bonds is 3. The summed E-state index contributed by atoms with van der Waals surface area (Å²) in [4.78, 5) is 15.6. The summed E-state index contributed by atoms with van der Waals surface area (Å²) < 4.78 is 5.75. The molecule has 3 rings (SSSR count). The van der Waals surface area contributed by atoms with Crippen molar-refractivity contribution in [2.24, 2.45) is 5.84 Å². The highest BCUT2D eigenvalue weighted by molar-refractivity contribution is 5.94. The molecule has 5 nitrogen and oxygen atoms in total. The zero-order valence-electron chi connectivity index (χ0n) is 11.1. The summed E-state index contributed by atoms with van der Waals surface area (Å²) in [7, 11) is 0. The van der Waals surface area contributed by atoms with Crippen molar-refractivity contribution in [3.05, 3.63) is 66.4 Å². The van der Waals surface area contributed by atoms with Crippen molar-refractivity contribution in [3.8, 4) is 22.8 Å². The molecular formula is C16H13N3O2. The number of carbonyl (C=O) groups excluding carboxylic acids is 1. The van der Waals surface area contributed by atoms with Gasteiger partial charge in [0, 0.05) is 16.7 Å². The second-order valence-corrected chi connectivity index (χ2v) is 4.45. The Morgan fingerprint density at radius 1 is 1.00 bits per heavy atom. The van der Waals surface area contributed by atoms with Crippen LogP contribution < -0.4 is 11.3 Å². The number of benzene rings is 2. The van der Waals surface area contributed by atoms with Gasteiger partial charge in [-0.3, -0.25) is 10.2 Å². The van der Waals surface area contributed by atoms with Crippen LogP contribution in [-0.4, -0.2) is 10.9 Å². The predicted octanol–water partition coefficient (Wildman–Crippen LogP) is 2.61. The van der Waals surface area contributed by atoms with Gasteiger partial charge >= 0.3 is 0 Å². The van der Waals surface area contributed by atoms with E-state index in [2.05, 4.69) is 10.4 Å². The molecule has 0 fully saturated rings. The van der Waals surface area contributed by atoms with E-state index in [0.29, 0.717) is 17.2 Å². The summed E-state index contributed by atoms with van der Waals surface area (Å²) in [6.45, 7) is 0. The lowest BCUT2D eigenvalue weighted by Crippen LogP contribution is -2.29. The van der Waals surface area contributed by atoms with Gasteiger partial charge < -0.3 is 4.42 Å². The lowest BCUT2D eigenvalue weighted by molar-refractivity contribution is 0.0953. The third-order valence-electron chi connectivity index (χ3n) is 3.09. The Kier molecular flexibility index (Phi) is 3.49. The normalized spacial score (nSPS) is 10.3. The van der Waals surface area contributed by atoms with Crippen LogP contribution in [0.15, 0.2) is 65.2 Å². The van der Waals surface area contributed by atoms with E-state index < -0.39 is 0 Å². The molecule has 0 spiro atoms. The number of oxazole rings is 1. The molecule has 0 aliphatic carbocycles. The number of nitrogen functional groups attached to an aromatic ring is 1. The van der Waals surface area contributed by atoms with E-state index >= 15 is 0 Å². The molecule has 1 amide bonds. The molecule has 0 atom stereocenters. The molecule has 5 heteroatoms. The molecule has 0 bridgehead atoms. The second-order valence-electron chi connectivity index (χ2n) is 4.45. The second kappa shape index (κ2) is 5.60. The lowest BCUT2D eigenvalue weighted by atomic mass is 10.1. The molecule has 0 radical (unpaired) electrons. The number of nitrogens with two attached hydrogens (primary N) is 1. The number of aromatic nitrogens is 1. The van der Waals surface area contributed by atoms with Crippen molar-refractivity contribution < 1.29 is 9.21 Å². The van der Waals surface area contributed by atoms with Gasteiger partial charge in [-0.15, -0.1) is 0 Å². The first-order chi connectivity index (χ1) is 10.3. The van der Waals surface area contributed by atoms with Crippen molar-refractivity contribution in [1.82, 2.24) is 10.4 Å². The fourth-order valence-electron chi connectivity index (χ4n) is 1.99. The van der Waals surface area contributed by atoms with E-state index in [9.17, 15) is 4.79 Å². The Morgan fingerprint density at radius 3 is 2.38 bits per heavy atom. The summed E-state index contributed by atoms with van der Waals surface area (Å²) in [6.07, 6.45) is 1.69. The SMILES string of the molecule is NNC(=O)c1ccc(-c2ncc(-c3ccccc3)o2)cc1. The van der Waals surface area contributed by atoms with Gasteiger partial charge in [-0.25, -0.2) is 10.8 Å². The van der Waals surface area contributed by atoms with Crippen LogP contribution in [0.4, 0.5) is 0 Å². The molecule has 1 heterocycles. The number of hydrogen-bond acceptors (Lipinski definition) is 4. The van der Waals surface area contributed by atoms with E-state index in [-0.39, 0.29) is 5.91 Å². The Bertz CT molecular complexity index is 749. The molecule has 0 saturated heterocycles. The van der Waals surface area contributed by atoms with Crippen LogP contribution in [0.3, 0.4) is 0 Å². The van der Waals surface area contributed by atoms with E-state index in [4.69, 9.17) is 10.3 Å². The number of hydrogen-bond donors (Lipinski definition) is 2. The van der Waals surface area contributed by atoms with Crippen molar-refractivity contribution in [2.75, 3.05) is 0 Å². The fraction of sp³-hybridized carbons (Fsp3) is 0. The van der Waals surface area contributed by atoms with Crippen molar-refractivity contribution >= 4 is 5.91 Å². The van der Waals surface area contributed by atoms with E-state index in [1.54, 1.807) is 30.5 Å². The van der Waals surface area contributed by atoms with E-state index in [1.165, 1.54) is 0 Å². The highest BCUT2D eigenvalue weighted by Crippen LogP contribution is 2.25. The smallest absolute Gasteiger partial charge is 0.265 e. The molecular weight excluding hydrogens is 266 g/mol. The maximum atomic E-state index is 11.4. The number of amides is 1. The molecule has 21 heavy (non-hydrogen) atoms. The molecule has 0 aliphatic heterocycles. The minimum Gasteiger partial charge on any atom is -0.436 e. The first kappa shape index (κ1) is 13.1. The Morgan fingerprint density at radius 2 is 1.71 bits per heavy atom. The number of hydrazine groups is 1. The average molecular weight is 279 g/mol. The third-order valence-corrected chi connectivity index (χ3v) is 3.09. The van der Waals surface area contributed by atoms with Gasteiger partial charge in [0.1, 0.15) is 0 Å². The van der Waals surface area contributed by atoms with Crippen LogP contribution in [-0.2, 0) is 0 Å². The van der Waals surface area contributed by atoms with Gasteiger partial charge in [0.05, 0.1) is 6.20 Å². The third kappa shape index (κ3) is 2.68. The summed E-state index contributed by atoms with van der Waals surface area (Å²) in [5.41, 5.74) is 4.34. The van der Waals surface area contributed by atoms with Crippen molar-refractivity contribution in [1.29, 1.82) is 0 Å². The first-order valence-electron chi connectivity index (χ1n) is 6.40. The van der Waals surface area contributed by atoms with Crippen LogP contribution in [0, 0.1) is 0 Å². The average Bonchev–Trinajstić information content (AvgIpc) is 3.05. The van der Waals surface area contributed by atoms with Crippen molar-refractivity contribution in [2.45, 2.75) is 0 Å². The maximum Gasteiger partial charge on any atom is 0.265 e. The molecule has 1 aromatic heterocycles. The van der Waals surface area contributed by atoms with E-state index in [1.807, 2.05) is 30.3 Å². The van der Waals surface area contributed by atoms with Crippen LogP contribution in [0.25, 0.3) is 22.8 Å². The largest absolute Gasteiger partial charge is 0.436 e. The predicted molar refractivity (Wildman–Crippen MR) is 79.0 cm³/mol. The number of nitrogens with one attached hydrogen (secondary N) is 1. The first-order valence-corrected chi connectivity index (χ1v) is 6.40. The topological polar surface area (TPSA) is 81.1 Å². The standard InChI is InChI=1S/C16H13N3O2/c17-19-15(20)12-6-8-13(9-7-12)16-18-10-14(21-16)11-4-2-1-3-5-11/h1-10H,17H2,(H,19,20).